The summed E-state index contributed by atoms with van der Waals surface area (Å²) in [4.78, 5) is 0. The number of hydrogen-bond acceptors (Lipinski definition) is 2. The SMILES string of the molecule is CNCC(C)(C)Nc1ccc(CC(C)C)cc1. The summed E-state index contributed by atoms with van der Waals surface area (Å²) in [6.45, 7) is 9.85. The molecule has 0 heterocycles. The first-order chi connectivity index (χ1) is 7.93. The molecule has 0 saturated heterocycles. The number of anilines is 1. The lowest BCUT2D eigenvalue weighted by molar-refractivity contribution is 0.530. The molecule has 0 amide bonds. The second-order valence-electron chi connectivity index (χ2n) is 5.83. The predicted octanol–water partition coefficient (Wildman–Crippen LogP) is 3.30. The van der Waals surface area contributed by atoms with Crippen LogP contribution in [-0.2, 0) is 6.42 Å². The number of nitrogens with one attached hydrogen (secondary N) is 2. The fraction of sp³-hybridized carbons (Fsp3) is 0.600. The van der Waals surface area contributed by atoms with Crippen molar-refractivity contribution < 1.29 is 0 Å². The van der Waals surface area contributed by atoms with Gasteiger partial charge in [0.25, 0.3) is 0 Å². The van der Waals surface area contributed by atoms with E-state index in [9.17, 15) is 0 Å². The molecular weight excluding hydrogens is 208 g/mol. The van der Waals surface area contributed by atoms with Gasteiger partial charge in [-0.1, -0.05) is 26.0 Å². The molecule has 0 bridgehead atoms. The fourth-order valence-electron chi connectivity index (χ4n) is 2.07. The van der Waals surface area contributed by atoms with E-state index in [-0.39, 0.29) is 5.54 Å². The van der Waals surface area contributed by atoms with Crippen molar-refractivity contribution in [2.45, 2.75) is 39.7 Å². The topological polar surface area (TPSA) is 24.1 Å². The van der Waals surface area contributed by atoms with Crippen molar-refractivity contribution in [2.24, 2.45) is 5.92 Å². The van der Waals surface area contributed by atoms with E-state index in [1.54, 1.807) is 0 Å². The third-order valence-electron chi connectivity index (χ3n) is 2.70. The van der Waals surface area contributed by atoms with Crippen LogP contribution in [0.3, 0.4) is 0 Å². The molecule has 1 rings (SSSR count). The summed E-state index contributed by atoms with van der Waals surface area (Å²) in [6, 6.07) is 8.79. The van der Waals surface area contributed by atoms with E-state index in [4.69, 9.17) is 0 Å². The van der Waals surface area contributed by atoms with Crippen LogP contribution in [0.15, 0.2) is 24.3 Å². The van der Waals surface area contributed by atoms with E-state index in [0.717, 1.165) is 18.9 Å². The van der Waals surface area contributed by atoms with E-state index in [1.807, 2.05) is 7.05 Å². The lowest BCUT2D eigenvalue weighted by atomic mass is 10.0. The van der Waals surface area contributed by atoms with Gasteiger partial charge in [-0.05, 0) is 50.9 Å². The van der Waals surface area contributed by atoms with Gasteiger partial charge in [0.15, 0.2) is 0 Å². The minimum Gasteiger partial charge on any atom is -0.379 e. The molecule has 0 unspecified atom stereocenters. The molecule has 0 aliphatic heterocycles. The van der Waals surface area contributed by atoms with E-state index < -0.39 is 0 Å². The van der Waals surface area contributed by atoms with Gasteiger partial charge in [0.1, 0.15) is 0 Å². The first-order valence-corrected chi connectivity index (χ1v) is 6.44. The average molecular weight is 234 g/mol. The van der Waals surface area contributed by atoms with E-state index in [0.29, 0.717) is 0 Å². The van der Waals surface area contributed by atoms with Crippen LogP contribution in [0, 0.1) is 5.92 Å². The van der Waals surface area contributed by atoms with Gasteiger partial charge in [-0.2, -0.15) is 0 Å². The maximum Gasteiger partial charge on any atom is 0.0441 e. The van der Waals surface area contributed by atoms with Gasteiger partial charge in [0.2, 0.25) is 0 Å². The van der Waals surface area contributed by atoms with Gasteiger partial charge in [0, 0.05) is 17.8 Å². The Labute approximate surface area is 106 Å². The summed E-state index contributed by atoms with van der Waals surface area (Å²) in [5.41, 5.74) is 2.68. The Morgan fingerprint density at radius 2 is 1.71 bits per heavy atom. The molecule has 0 atom stereocenters. The van der Waals surface area contributed by atoms with Crippen LogP contribution in [0.4, 0.5) is 5.69 Å². The molecule has 0 fully saturated rings. The molecule has 2 heteroatoms. The van der Waals surface area contributed by atoms with Gasteiger partial charge in [-0.25, -0.2) is 0 Å². The highest BCUT2D eigenvalue weighted by Gasteiger charge is 2.15. The molecule has 0 radical (unpaired) electrons. The Bertz CT molecular complexity index is 325. The second-order valence-corrected chi connectivity index (χ2v) is 5.83. The second kappa shape index (κ2) is 6.06. The Morgan fingerprint density at radius 3 is 2.18 bits per heavy atom. The third-order valence-corrected chi connectivity index (χ3v) is 2.70. The van der Waals surface area contributed by atoms with Crippen LogP contribution in [0.25, 0.3) is 0 Å². The molecule has 96 valence electrons. The Kier molecular flexibility index (Phi) is 5.01. The first kappa shape index (κ1) is 14.0. The van der Waals surface area contributed by atoms with Crippen LogP contribution in [-0.4, -0.2) is 19.1 Å². The van der Waals surface area contributed by atoms with E-state index in [1.165, 1.54) is 11.3 Å². The van der Waals surface area contributed by atoms with Crippen molar-refractivity contribution in [1.82, 2.24) is 5.32 Å². The summed E-state index contributed by atoms with van der Waals surface area (Å²) in [5, 5.41) is 6.74. The quantitative estimate of drug-likeness (QED) is 0.789. The largest absolute Gasteiger partial charge is 0.379 e. The molecule has 0 saturated carbocycles. The zero-order valence-corrected chi connectivity index (χ0v) is 11.8. The fourth-order valence-corrected chi connectivity index (χ4v) is 2.07. The summed E-state index contributed by atoms with van der Waals surface area (Å²) >= 11 is 0. The predicted molar refractivity (Wildman–Crippen MR) is 76.6 cm³/mol. The summed E-state index contributed by atoms with van der Waals surface area (Å²) in [7, 11) is 1.98. The highest BCUT2D eigenvalue weighted by atomic mass is 15.0. The minimum absolute atomic E-state index is 0.0777. The Balaban J connectivity index is 2.62. The van der Waals surface area contributed by atoms with Crippen molar-refractivity contribution in [3.05, 3.63) is 29.8 Å². The lowest BCUT2D eigenvalue weighted by Crippen LogP contribution is -2.40. The van der Waals surface area contributed by atoms with Crippen molar-refractivity contribution in [3.63, 3.8) is 0 Å². The van der Waals surface area contributed by atoms with Gasteiger partial charge >= 0.3 is 0 Å². The monoisotopic (exact) mass is 234 g/mol. The zero-order valence-electron chi connectivity index (χ0n) is 11.8. The van der Waals surface area contributed by atoms with Crippen molar-refractivity contribution in [2.75, 3.05) is 18.9 Å². The maximum atomic E-state index is 3.54. The molecule has 1 aromatic carbocycles. The smallest absolute Gasteiger partial charge is 0.0441 e. The van der Waals surface area contributed by atoms with Crippen LogP contribution in [0.1, 0.15) is 33.3 Å². The number of likely N-dealkylation sites (N-methyl/N-ethyl adjacent to an activating group) is 1. The first-order valence-electron chi connectivity index (χ1n) is 6.44. The molecule has 0 spiro atoms. The van der Waals surface area contributed by atoms with Crippen molar-refractivity contribution >= 4 is 5.69 Å². The number of rotatable bonds is 6. The molecule has 0 aliphatic rings. The third kappa shape index (κ3) is 5.22. The van der Waals surface area contributed by atoms with Crippen LogP contribution >= 0.6 is 0 Å². The van der Waals surface area contributed by atoms with Gasteiger partial charge in [0.05, 0.1) is 0 Å². The molecule has 0 aromatic heterocycles. The van der Waals surface area contributed by atoms with Gasteiger partial charge < -0.3 is 10.6 Å². The highest BCUT2D eigenvalue weighted by molar-refractivity contribution is 5.46. The minimum atomic E-state index is 0.0777. The average Bonchev–Trinajstić information content (AvgIpc) is 2.19. The van der Waals surface area contributed by atoms with E-state index in [2.05, 4.69) is 62.6 Å². The van der Waals surface area contributed by atoms with E-state index >= 15 is 0 Å². The molecule has 2 N–H and O–H groups in total. The molecular formula is C15H26N2. The highest BCUT2D eigenvalue weighted by Crippen LogP contribution is 2.17. The zero-order chi connectivity index (χ0) is 12.9. The molecule has 0 aliphatic carbocycles. The van der Waals surface area contributed by atoms with Gasteiger partial charge in [-0.3, -0.25) is 0 Å². The number of benzene rings is 1. The Morgan fingerprint density at radius 1 is 1.12 bits per heavy atom. The van der Waals surface area contributed by atoms with Crippen LogP contribution in [0.5, 0.6) is 0 Å². The van der Waals surface area contributed by atoms with Crippen molar-refractivity contribution in [1.29, 1.82) is 0 Å². The van der Waals surface area contributed by atoms with Crippen LogP contribution in [0.2, 0.25) is 0 Å². The summed E-state index contributed by atoms with van der Waals surface area (Å²) in [6.07, 6.45) is 1.15. The van der Waals surface area contributed by atoms with Crippen LogP contribution < -0.4 is 10.6 Å². The summed E-state index contributed by atoms with van der Waals surface area (Å²) < 4.78 is 0. The maximum absolute atomic E-state index is 3.54. The van der Waals surface area contributed by atoms with Crippen molar-refractivity contribution in [3.8, 4) is 0 Å². The molecule has 2 nitrogen and oxygen atoms in total. The molecule has 17 heavy (non-hydrogen) atoms. The standard InChI is InChI=1S/C15H26N2/c1-12(2)10-13-6-8-14(9-7-13)17-15(3,4)11-16-5/h6-9,12,16-17H,10-11H2,1-5H3. The lowest BCUT2D eigenvalue weighted by Gasteiger charge is -2.27. The summed E-state index contributed by atoms with van der Waals surface area (Å²) in [5.74, 6) is 0.717. The van der Waals surface area contributed by atoms with Gasteiger partial charge in [-0.15, -0.1) is 0 Å². The Hall–Kier alpha value is -1.02. The molecule has 1 aromatic rings. The number of hydrogen-bond donors (Lipinski definition) is 2. The normalized spacial score (nSPS) is 11.9.